The van der Waals surface area contributed by atoms with E-state index in [4.69, 9.17) is 8.85 Å². The van der Waals surface area contributed by atoms with Crippen molar-refractivity contribution in [2.24, 2.45) is 0 Å². The van der Waals surface area contributed by atoms with Crippen molar-refractivity contribution in [3.63, 3.8) is 0 Å². The monoisotopic (exact) mass is 192 g/mol. The van der Waals surface area contributed by atoms with Gasteiger partial charge in [-0.2, -0.15) is 0 Å². The van der Waals surface area contributed by atoms with Gasteiger partial charge in [-0.25, -0.2) is 0 Å². The van der Waals surface area contributed by atoms with Crippen LogP contribution >= 0.6 is 0 Å². The van der Waals surface area contributed by atoms with Crippen LogP contribution in [-0.2, 0) is 13.6 Å². The Bertz CT molecular complexity index is 130. The maximum Gasteiger partial charge on any atom is 0.289 e. The molecular formula is C6H16O3Si2. The van der Waals surface area contributed by atoms with Gasteiger partial charge in [-0.15, -0.1) is 0 Å². The normalized spacial score (nSPS) is 12.4. The summed E-state index contributed by atoms with van der Waals surface area (Å²) in [5.74, 6) is -0.184. The van der Waals surface area contributed by atoms with E-state index in [1.807, 2.05) is 0 Å². The van der Waals surface area contributed by atoms with Gasteiger partial charge < -0.3 is 8.85 Å². The van der Waals surface area contributed by atoms with Crippen LogP contribution in [0.1, 0.15) is 6.92 Å². The van der Waals surface area contributed by atoms with Gasteiger partial charge >= 0.3 is 0 Å². The number of carbonyl (C=O) groups is 1. The lowest BCUT2D eigenvalue weighted by Crippen LogP contribution is -2.28. The van der Waals surface area contributed by atoms with Gasteiger partial charge in [0.1, 0.15) is 0 Å². The van der Waals surface area contributed by atoms with Gasteiger partial charge in [0, 0.05) is 6.92 Å². The third kappa shape index (κ3) is 9.86. The van der Waals surface area contributed by atoms with Crippen molar-refractivity contribution in [2.45, 2.75) is 26.6 Å². The van der Waals surface area contributed by atoms with E-state index in [0.717, 1.165) is 0 Å². The molecule has 0 saturated heterocycles. The Hall–Kier alpha value is -0.136. The van der Waals surface area contributed by atoms with Gasteiger partial charge in [-0.1, -0.05) is 0 Å². The maximum atomic E-state index is 10.3. The minimum absolute atomic E-state index is 0.184. The molecule has 0 amide bonds. The quantitative estimate of drug-likeness (QED) is 0.479. The van der Waals surface area contributed by atoms with Gasteiger partial charge in [0.2, 0.25) is 9.76 Å². The summed E-state index contributed by atoms with van der Waals surface area (Å²) in [4.78, 5) is 10.3. The van der Waals surface area contributed by atoms with E-state index in [-0.39, 0.29) is 5.97 Å². The molecule has 5 heteroatoms. The van der Waals surface area contributed by atoms with E-state index >= 15 is 0 Å². The second-order valence-corrected chi connectivity index (χ2v) is 8.92. The van der Waals surface area contributed by atoms with Crippen LogP contribution in [0.4, 0.5) is 0 Å². The van der Waals surface area contributed by atoms with E-state index in [1.54, 1.807) is 0 Å². The molecule has 3 nitrogen and oxygen atoms in total. The Kier molecular flexibility index (Phi) is 4.63. The molecular weight excluding hydrogens is 176 g/mol. The van der Waals surface area contributed by atoms with Crippen LogP contribution in [0.5, 0.6) is 0 Å². The lowest BCUT2D eigenvalue weighted by atomic mass is 10.9. The Labute approximate surface area is 71.2 Å². The van der Waals surface area contributed by atoms with Crippen LogP contribution in [0, 0.1) is 0 Å². The van der Waals surface area contributed by atoms with E-state index in [2.05, 4.69) is 19.6 Å². The fourth-order valence-electron chi connectivity index (χ4n) is 0.533. The fraction of sp³-hybridized carbons (Fsp3) is 0.833. The highest BCUT2D eigenvalue weighted by Crippen LogP contribution is 2.00. The molecule has 0 saturated carbocycles. The van der Waals surface area contributed by atoms with E-state index in [1.165, 1.54) is 6.92 Å². The molecule has 0 aromatic heterocycles. The Morgan fingerprint density at radius 2 is 2.00 bits per heavy atom. The molecule has 0 fully saturated rings. The molecule has 0 aliphatic carbocycles. The maximum absolute atomic E-state index is 10.3. The molecule has 11 heavy (non-hydrogen) atoms. The smallest absolute Gasteiger partial charge is 0.289 e. The first-order chi connectivity index (χ1) is 4.92. The van der Waals surface area contributed by atoms with E-state index in [0.29, 0.717) is 6.23 Å². The second-order valence-electron chi connectivity index (χ2n) is 3.30. The molecule has 0 heterocycles. The van der Waals surface area contributed by atoms with Gasteiger partial charge in [0.25, 0.3) is 5.97 Å². The van der Waals surface area contributed by atoms with Crippen molar-refractivity contribution in [1.82, 2.24) is 0 Å². The van der Waals surface area contributed by atoms with Crippen molar-refractivity contribution in [2.75, 3.05) is 6.23 Å². The molecule has 0 aliphatic heterocycles. The van der Waals surface area contributed by atoms with Crippen LogP contribution in [0.15, 0.2) is 0 Å². The largest absolute Gasteiger partial charge is 0.523 e. The minimum Gasteiger partial charge on any atom is -0.523 e. The van der Waals surface area contributed by atoms with E-state index < -0.39 is 18.1 Å². The number of carbonyl (C=O) groups excluding carboxylic acids is 1. The topological polar surface area (TPSA) is 35.5 Å². The summed E-state index contributed by atoms with van der Waals surface area (Å²) in [6.07, 6.45) is 0.662. The predicted molar refractivity (Wildman–Crippen MR) is 49.6 cm³/mol. The minimum atomic E-state index is -1.39. The predicted octanol–water partition coefficient (Wildman–Crippen LogP) is 0.442. The number of hydrogen-bond acceptors (Lipinski definition) is 3. The molecule has 0 aromatic carbocycles. The lowest BCUT2D eigenvalue weighted by molar-refractivity contribution is -0.132. The van der Waals surface area contributed by atoms with Crippen molar-refractivity contribution in [3.05, 3.63) is 0 Å². The van der Waals surface area contributed by atoms with Crippen molar-refractivity contribution in [3.8, 4) is 0 Å². The SMILES string of the molecule is CC(=O)O[SiH2]CO[Si](C)(C)C. The highest BCUT2D eigenvalue weighted by Gasteiger charge is 2.13. The first-order valence-corrected chi connectivity index (χ1v) is 8.68. The van der Waals surface area contributed by atoms with Gasteiger partial charge in [-0.3, -0.25) is 4.79 Å². The van der Waals surface area contributed by atoms with Crippen molar-refractivity contribution in [1.29, 1.82) is 0 Å². The van der Waals surface area contributed by atoms with Gasteiger partial charge in [0.05, 0.1) is 6.23 Å². The summed E-state index contributed by atoms with van der Waals surface area (Å²) in [7, 11) is -2.14. The molecule has 0 unspecified atom stereocenters. The second kappa shape index (κ2) is 4.68. The van der Waals surface area contributed by atoms with Crippen LogP contribution in [0.2, 0.25) is 19.6 Å². The third-order valence-corrected chi connectivity index (χ3v) is 3.38. The summed E-state index contributed by atoms with van der Waals surface area (Å²) >= 11 is 0. The van der Waals surface area contributed by atoms with Crippen LogP contribution in [0.3, 0.4) is 0 Å². The molecule has 0 aliphatic rings. The highest BCUT2D eigenvalue weighted by atomic mass is 28.4. The first-order valence-electron chi connectivity index (χ1n) is 3.69. The molecule has 0 atom stereocenters. The highest BCUT2D eigenvalue weighted by molar-refractivity contribution is 6.70. The van der Waals surface area contributed by atoms with Crippen molar-refractivity contribution >= 4 is 24.0 Å². The average molecular weight is 192 g/mol. The van der Waals surface area contributed by atoms with Crippen LogP contribution in [-0.4, -0.2) is 30.3 Å². The molecule has 0 rings (SSSR count). The number of rotatable bonds is 4. The molecule has 0 radical (unpaired) electrons. The zero-order chi connectivity index (χ0) is 8.91. The first kappa shape index (κ1) is 10.9. The molecule has 0 spiro atoms. The summed E-state index contributed by atoms with van der Waals surface area (Å²) in [5, 5.41) is 0. The van der Waals surface area contributed by atoms with Crippen molar-refractivity contribution < 1.29 is 13.6 Å². The molecule has 0 aromatic rings. The molecule has 66 valence electrons. The Balaban J connectivity index is 3.22. The van der Waals surface area contributed by atoms with Gasteiger partial charge in [-0.05, 0) is 19.6 Å². The summed E-state index contributed by atoms with van der Waals surface area (Å²) in [6, 6.07) is 0. The average Bonchev–Trinajstić information content (AvgIpc) is 1.78. The number of hydrogen-bond donors (Lipinski definition) is 0. The Morgan fingerprint density at radius 3 is 2.36 bits per heavy atom. The third-order valence-electron chi connectivity index (χ3n) is 0.924. The standard InChI is InChI=1S/C6H16O3Si2/c1-6(7)9-10-5-8-11(2,3)4/h5,10H2,1-4H3. The molecule has 0 bridgehead atoms. The summed E-state index contributed by atoms with van der Waals surface area (Å²) in [5.41, 5.74) is 0. The zero-order valence-corrected chi connectivity index (χ0v) is 10.1. The summed E-state index contributed by atoms with van der Waals surface area (Å²) in [6.45, 7) is 7.79. The van der Waals surface area contributed by atoms with Gasteiger partial charge in [0.15, 0.2) is 8.32 Å². The van der Waals surface area contributed by atoms with E-state index in [9.17, 15) is 4.79 Å². The van der Waals surface area contributed by atoms with Crippen LogP contribution < -0.4 is 0 Å². The lowest BCUT2D eigenvalue weighted by Gasteiger charge is -2.16. The Morgan fingerprint density at radius 1 is 1.45 bits per heavy atom. The fourth-order valence-corrected chi connectivity index (χ4v) is 3.69. The van der Waals surface area contributed by atoms with Crippen LogP contribution in [0.25, 0.3) is 0 Å². The molecule has 0 N–H and O–H groups in total. The zero-order valence-electron chi connectivity index (χ0n) is 7.64. The summed E-state index contributed by atoms with van der Waals surface area (Å²) < 4.78 is 10.3.